The number of benzene rings is 2. The molecule has 4 rings (SSSR count). The fourth-order valence-electron chi connectivity index (χ4n) is 3.91. The van der Waals surface area contributed by atoms with E-state index < -0.39 is 0 Å². The van der Waals surface area contributed by atoms with Crippen LogP contribution in [0, 0.1) is 0 Å². The lowest BCUT2D eigenvalue weighted by Crippen LogP contribution is -2.56. The molecule has 29 heavy (non-hydrogen) atoms. The van der Waals surface area contributed by atoms with E-state index in [2.05, 4.69) is 5.32 Å². The molecule has 0 bridgehead atoms. The van der Waals surface area contributed by atoms with Gasteiger partial charge in [0.05, 0.1) is 0 Å². The van der Waals surface area contributed by atoms with E-state index in [-0.39, 0.29) is 30.3 Å². The first-order valence-corrected chi connectivity index (χ1v) is 10.1. The summed E-state index contributed by atoms with van der Waals surface area (Å²) in [7, 11) is 0. The van der Waals surface area contributed by atoms with E-state index in [0.29, 0.717) is 30.2 Å². The van der Waals surface area contributed by atoms with Gasteiger partial charge >= 0.3 is 0 Å². The molecule has 1 atom stereocenters. The predicted octanol–water partition coefficient (Wildman–Crippen LogP) is 2.60. The summed E-state index contributed by atoms with van der Waals surface area (Å²) in [6.45, 7) is 1.57. The summed E-state index contributed by atoms with van der Waals surface area (Å²) in [5, 5.41) is 3.50. The molecule has 2 heterocycles. The minimum absolute atomic E-state index is 0.0177. The van der Waals surface area contributed by atoms with Gasteiger partial charge in [0.15, 0.2) is 0 Å². The van der Waals surface area contributed by atoms with Gasteiger partial charge in [0.1, 0.15) is 12.6 Å². The van der Waals surface area contributed by atoms with Crippen LogP contribution in [0.2, 0.25) is 5.02 Å². The van der Waals surface area contributed by atoms with Gasteiger partial charge in [0.2, 0.25) is 11.8 Å². The molecular weight excluding hydrogens is 390 g/mol. The molecule has 0 spiro atoms. The predicted molar refractivity (Wildman–Crippen MR) is 109 cm³/mol. The second-order valence-electron chi connectivity index (χ2n) is 7.45. The summed E-state index contributed by atoms with van der Waals surface area (Å²) in [5.41, 5.74) is 2.36. The molecule has 2 aromatic rings. The highest BCUT2D eigenvalue weighted by Gasteiger charge is 2.41. The number of amides is 3. The van der Waals surface area contributed by atoms with Gasteiger partial charge in [0.25, 0.3) is 5.91 Å². The Balaban J connectivity index is 1.35. The number of piperazine rings is 1. The van der Waals surface area contributed by atoms with Gasteiger partial charge in [0, 0.05) is 30.2 Å². The number of nitrogens with zero attached hydrogens (tertiary/aromatic N) is 2. The van der Waals surface area contributed by atoms with Crippen molar-refractivity contribution < 1.29 is 14.4 Å². The van der Waals surface area contributed by atoms with Crippen molar-refractivity contribution in [2.24, 2.45) is 0 Å². The summed E-state index contributed by atoms with van der Waals surface area (Å²) in [5.74, 6) is -0.142. The second kappa shape index (κ2) is 8.25. The van der Waals surface area contributed by atoms with Crippen LogP contribution >= 0.6 is 11.6 Å². The maximum Gasteiger partial charge on any atom is 0.251 e. The van der Waals surface area contributed by atoms with E-state index in [9.17, 15) is 14.4 Å². The molecule has 3 amide bonds. The molecule has 150 valence electrons. The molecule has 6 nitrogen and oxygen atoms in total. The average Bonchev–Trinajstić information content (AvgIpc) is 3.21. The molecule has 7 heteroatoms. The fraction of sp³-hybridized carbons (Fsp3) is 0.318. The Labute approximate surface area is 174 Å². The first-order valence-electron chi connectivity index (χ1n) is 9.71. The number of nitrogens with one attached hydrogen (secondary N) is 1. The summed E-state index contributed by atoms with van der Waals surface area (Å²) in [4.78, 5) is 40.6. The SMILES string of the molecule is O=C(NCc1cccc(Cl)c1)c1ccc(CN2CC(=O)N3CCC[C@H]3C2=O)cc1. The van der Waals surface area contributed by atoms with Crippen molar-refractivity contribution in [3.63, 3.8) is 0 Å². The van der Waals surface area contributed by atoms with Gasteiger partial charge in [-0.15, -0.1) is 0 Å². The second-order valence-corrected chi connectivity index (χ2v) is 7.89. The lowest BCUT2D eigenvalue weighted by atomic mass is 10.1. The summed E-state index contributed by atoms with van der Waals surface area (Å²) in [6, 6.07) is 14.2. The molecular formula is C22H22ClN3O3. The van der Waals surface area contributed by atoms with Crippen molar-refractivity contribution in [2.75, 3.05) is 13.1 Å². The number of fused-ring (bicyclic) bond motifs is 1. The first-order chi connectivity index (χ1) is 14.0. The maximum atomic E-state index is 12.6. The number of hydrogen-bond acceptors (Lipinski definition) is 3. The third kappa shape index (κ3) is 4.27. The van der Waals surface area contributed by atoms with Crippen LogP contribution in [0.4, 0.5) is 0 Å². The van der Waals surface area contributed by atoms with Crippen molar-refractivity contribution in [3.05, 3.63) is 70.2 Å². The Kier molecular flexibility index (Phi) is 5.53. The summed E-state index contributed by atoms with van der Waals surface area (Å²) >= 11 is 5.96. The molecule has 0 radical (unpaired) electrons. The van der Waals surface area contributed by atoms with Crippen LogP contribution in [0.25, 0.3) is 0 Å². The zero-order valence-electron chi connectivity index (χ0n) is 15.9. The zero-order valence-corrected chi connectivity index (χ0v) is 16.7. The van der Waals surface area contributed by atoms with E-state index in [1.807, 2.05) is 30.3 Å². The van der Waals surface area contributed by atoms with Crippen molar-refractivity contribution in [1.82, 2.24) is 15.1 Å². The highest BCUT2D eigenvalue weighted by atomic mass is 35.5. The number of carbonyl (C=O) groups excluding carboxylic acids is 3. The summed E-state index contributed by atoms with van der Waals surface area (Å²) < 4.78 is 0. The quantitative estimate of drug-likeness (QED) is 0.822. The Hall–Kier alpha value is -2.86. The minimum Gasteiger partial charge on any atom is -0.348 e. The molecule has 0 saturated carbocycles. The molecule has 1 N–H and O–H groups in total. The van der Waals surface area contributed by atoms with Crippen LogP contribution in [0.1, 0.15) is 34.3 Å². The lowest BCUT2D eigenvalue weighted by molar-refractivity contribution is -0.154. The third-order valence-electron chi connectivity index (χ3n) is 5.43. The third-order valence-corrected chi connectivity index (χ3v) is 5.66. The minimum atomic E-state index is -0.298. The summed E-state index contributed by atoms with van der Waals surface area (Å²) in [6.07, 6.45) is 1.63. The van der Waals surface area contributed by atoms with Gasteiger partial charge in [-0.05, 0) is 48.2 Å². The van der Waals surface area contributed by atoms with Gasteiger partial charge < -0.3 is 15.1 Å². The Morgan fingerprint density at radius 2 is 1.90 bits per heavy atom. The van der Waals surface area contributed by atoms with Gasteiger partial charge in [-0.2, -0.15) is 0 Å². The first kappa shape index (κ1) is 19.5. The van der Waals surface area contributed by atoms with Gasteiger partial charge in [-0.25, -0.2) is 0 Å². The van der Waals surface area contributed by atoms with Crippen LogP contribution in [0.5, 0.6) is 0 Å². The molecule has 2 fully saturated rings. The van der Waals surface area contributed by atoms with Crippen molar-refractivity contribution in [1.29, 1.82) is 0 Å². The topological polar surface area (TPSA) is 69.7 Å². The van der Waals surface area contributed by atoms with E-state index in [4.69, 9.17) is 11.6 Å². The Morgan fingerprint density at radius 1 is 1.10 bits per heavy atom. The monoisotopic (exact) mass is 411 g/mol. The Bertz CT molecular complexity index is 945. The Morgan fingerprint density at radius 3 is 2.66 bits per heavy atom. The van der Waals surface area contributed by atoms with Crippen LogP contribution in [-0.2, 0) is 22.7 Å². The number of carbonyl (C=O) groups is 3. The highest BCUT2D eigenvalue weighted by Crippen LogP contribution is 2.24. The van der Waals surface area contributed by atoms with Crippen LogP contribution in [-0.4, -0.2) is 46.7 Å². The molecule has 0 aromatic heterocycles. The van der Waals surface area contributed by atoms with Crippen molar-refractivity contribution >= 4 is 29.3 Å². The molecule has 2 aliphatic heterocycles. The molecule has 2 aliphatic rings. The largest absolute Gasteiger partial charge is 0.348 e. The normalized spacial score (nSPS) is 18.7. The van der Waals surface area contributed by atoms with E-state index >= 15 is 0 Å². The highest BCUT2D eigenvalue weighted by molar-refractivity contribution is 6.30. The number of hydrogen-bond donors (Lipinski definition) is 1. The van der Waals surface area contributed by atoms with Crippen LogP contribution in [0.3, 0.4) is 0 Å². The molecule has 2 aromatic carbocycles. The van der Waals surface area contributed by atoms with E-state index in [1.54, 1.807) is 28.0 Å². The van der Waals surface area contributed by atoms with Crippen molar-refractivity contribution in [2.45, 2.75) is 32.0 Å². The average molecular weight is 412 g/mol. The van der Waals surface area contributed by atoms with Crippen LogP contribution < -0.4 is 5.32 Å². The lowest BCUT2D eigenvalue weighted by Gasteiger charge is -2.36. The molecule has 0 aliphatic carbocycles. The van der Waals surface area contributed by atoms with Crippen molar-refractivity contribution in [3.8, 4) is 0 Å². The van der Waals surface area contributed by atoms with Gasteiger partial charge in [-0.3, -0.25) is 14.4 Å². The zero-order chi connectivity index (χ0) is 20.4. The number of rotatable bonds is 5. The molecule has 2 saturated heterocycles. The van der Waals surface area contributed by atoms with E-state index in [0.717, 1.165) is 24.0 Å². The smallest absolute Gasteiger partial charge is 0.251 e. The maximum absolute atomic E-state index is 12.6. The van der Waals surface area contributed by atoms with E-state index in [1.165, 1.54) is 0 Å². The number of halogens is 1. The van der Waals surface area contributed by atoms with Crippen LogP contribution in [0.15, 0.2) is 48.5 Å². The molecule has 0 unspecified atom stereocenters. The standard InChI is InChI=1S/C22H22ClN3O3/c23-18-4-1-3-16(11-18)12-24-21(28)17-8-6-15(7-9-17)13-25-14-20(27)26-10-2-5-19(26)22(25)29/h1,3-4,6-9,11,19H,2,5,10,12-14H2,(H,24,28)/t19-/m0/s1. The fourth-order valence-corrected chi connectivity index (χ4v) is 4.12. The van der Waals surface area contributed by atoms with Gasteiger partial charge in [-0.1, -0.05) is 35.9 Å².